The first-order valence-electron chi connectivity index (χ1n) is 46.4. The highest BCUT2D eigenvalue weighted by atomic mass is 32.2. The zero-order valence-corrected chi connectivity index (χ0v) is 81.4. The zero-order valence-electron chi connectivity index (χ0n) is 79.8. The van der Waals surface area contributed by atoms with E-state index >= 15 is 0 Å². The van der Waals surface area contributed by atoms with E-state index in [0.29, 0.717) is 54.4 Å². The van der Waals surface area contributed by atoms with Gasteiger partial charge in [0, 0.05) is 159 Å². The van der Waals surface area contributed by atoms with Gasteiger partial charge in [-0.25, -0.2) is 31.1 Å². The number of hydrogen-bond donors (Lipinski definition) is 9. The number of carbonyl (C=O) groups is 1. The number of anilines is 1. The molecule has 27 nitrogen and oxygen atoms in total. The number of amides is 1. The number of sulfonamides is 2. The second-order valence-corrected chi connectivity index (χ2v) is 40.0. The Morgan fingerprint density at radius 3 is 1.31 bits per heavy atom. The van der Waals surface area contributed by atoms with Crippen molar-refractivity contribution in [2.24, 2.45) is 17.3 Å². The molecule has 29 heteroatoms. The molecule has 10 heterocycles. The minimum atomic E-state index is -3.81. The average Bonchev–Trinajstić information content (AvgIpc) is 1.52. The highest BCUT2D eigenvalue weighted by Crippen LogP contribution is 2.28. The molecule has 18 rings (SSSR count). The van der Waals surface area contributed by atoms with E-state index in [1.54, 1.807) is 98.6 Å². The molecule has 0 bridgehead atoms. The van der Waals surface area contributed by atoms with Crippen LogP contribution < -0.4 is 41.3 Å². The molecule has 1 amide bonds. The third-order valence-electron chi connectivity index (χ3n) is 22.1. The van der Waals surface area contributed by atoms with E-state index in [1.807, 2.05) is 175 Å². The number of aryl methyl sites for hydroxylation is 1. The Kier molecular flexibility index (Phi) is 37.0. The minimum absolute atomic E-state index is 0.145. The number of furan rings is 7. The third-order valence-corrected chi connectivity index (χ3v) is 25.0. The number of benzene rings is 8. The number of nitrogens with one attached hydrogen (secondary N) is 8. The van der Waals surface area contributed by atoms with Gasteiger partial charge in [-0.1, -0.05) is 102 Å². The number of fused-ring (bicyclic) bond motifs is 7. The Morgan fingerprint density at radius 1 is 0.428 bits per heavy atom. The number of nitrogens with zero attached hydrogens (tertiary/aromatic N) is 5. The first kappa shape index (κ1) is 102. The summed E-state index contributed by atoms with van der Waals surface area (Å²) in [4.78, 5) is 31.2. The third kappa shape index (κ3) is 32.6. The quantitative estimate of drug-likeness (QED) is 0.0163. The van der Waals surface area contributed by atoms with Gasteiger partial charge in [-0.3, -0.25) is 24.8 Å². The van der Waals surface area contributed by atoms with Crippen LogP contribution in [0.15, 0.2) is 346 Å². The maximum atomic E-state index is 13.0. The van der Waals surface area contributed by atoms with Gasteiger partial charge in [-0.2, -0.15) is 0 Å². The molecule has 722 valence electrons. The summed E-state index contributed by atoms with van der Waals surface area (Å²) in [6.07, 6.45) is 22.4. The monoisotopic (exact) mass is 1900 g/mol. The first-order valence-corrected chi connectivity index (χ1v) is 49.3. The predicted molar refractivity (Wildman–Crippen MR) is 545 cm³/mol. The lowest BCUT2D eigenvalue weighted by atomic mass is 9.94. The number of aromatic nitrogens is 4. The van der Waals surface area contributed by atoms with Crippen LogP contribution in [0.5, 0.6) is 0 Å². The van der Waals surface area contributed by atoms with Crippen molar-refractivity contribution < 1.29 is 62.4 Å². The molecule has 0 saturated carbocycles. The number of aliphatic hydroxyl groups excluding tert-OH is 1. The Morgan fingerprint density at radius 2 is 0.848 bits per heavy atom. The van der Waals surface area contributed by atoms with Crippen LogP contribution in [0.3, 0.4) is 0 Å². The van der Waals surface area contributed by atoms with E-state index in [1.165, 1.54) is 45.7 Å². The number of pyridine rings is 2. The summed E-state index contributed by atoms with van der Waals surface area (Å²) in [5, 5.41) is 37.4. The molecular weight excluding hydrogens is 1780 g/mol. The summed E-state index contributed by atoms with van der Waals surface area (Å²) >= 11 is 0. The number of aliphatic hydroxyl groups is 1. The van der Waals surface area contributed by atoms with Gasteiger partial charge in [-0.15, -0.1) is 0 Å². The van der Waals surface area contributed by atoms with Gasteiger partial charge in [0.1, 0.15) is 44.7 Å². The van der Waals surface area contributed by atoms with E-state index in [0.717, 1.165) is 161 Å². The van der Waals surface area contributed by atoms with Gasteiger partial charge >= 0.3 is 6.09 Å². The number of carbonyl (C=O) groups excluding carboxylic acids is 1. The van der Waals surface area contributed by atoms with Crippen LogP contribution in [0.4, 0.5) is 10.5 Å². The Balaban J connectivity index is 0.000000142. The van der Waals surface area contributed by atoms with Crippen LogP contribution in [0.25, 0.3) is 76.8 Å². The summed E-state index contributed by atoms with van der Waals surface area (Å²) in [5.41, 5.74) is 16.6. The van der Waals surface area contributed by atoms with Gasteiger partial charge in [0.2, 0.25) is 20.0 Å². The van der Waals surface area contributed by atoms with Crippen molar-refractivity contribution in [1.82, 2.24) is 60.9 Å². The highest BCUT2D eigenvalue weighted by Gasteiger charge is 2.28. The molecule has 9 N–H and O–H groups in total. The molecular formula is C109H125N13O14S2. The van der Waals surface area contributed by atoms with E-state index in [2.05, 4.69) is 155 Å². The van der Waals surface area contributed by atoms with Gasteiger partial charge in [0.15, 0.2) is 0 Å². The summed E-state index contributed by atoms with van der Waals surface area (Å²) in [6, 6.07) is 71.1. The van der Waals surface area contributed by atoms with Gasteiger partial charge in [0.25, 0.3) is 0 Å². The molecule has 8 aromatic carbocycles. The van der Waals surface area contributed by atoms with E-state index < -0.39 is 37.8 Å². The molecule has 2 atom stereocenters. The molecule has 18 aromatic rings. The van der Waals surface area contributed by atoms with Crippen LogP contribution >= 0.6 is 0 Å². The topological polar surface area (TPSA) is 358 Å². The standard InChI is InChI=1S/C26H30N2O4.C22H28N2O4S.C17H26N2O3S.C15H15N3O.C15H14N2O.C14H12N2O/c1-26(2,3)32-25(29)27-11-4-12-28(17-19-5-7-23-21(15-19)9-13-30-23)18-20-6-8-24-22(16-20)10-14-31-24;1-16(2)14-23-15-21(25)20(12-17-6-4-3-5-7-17)24-29(26,27)19-8-9-22-18(13-19)10-11-28-22;1-13(2)10-18-11-17(3,4)12-19-23(20,21)15-5-6-16-14(9-15)7-8-22-16;1-11-7-18-14(10-17-11)9-16-8-12-2-3-15-13(6-12)4-5-19-15;1-2-15-14(5-8-18-15)9-13(1)11-17-10-12-3-6-16-7-4-12;1-2-14-12(5-8-17-14)9-11(1)10-16-13-3-6-15-7-4-13/h5-10,13-16H,4,11-12,17-18H2,1-3H3,(H,27,29);3-11,13,16,20-21,23-25H,12,14-15H2,1-2H3;5-9,13,18-19H,10-12H2,1-4H3;2-7,10,16H,8-9H2,1H3;1-9,17H,10-11H2;1-9H,10H2,(H,15,16)/t;20-,21+;;;;/m.0..../s1. The van der Waals surface area contributed by atoms with Crippen molar-refractivity contribution in [1.29, 1.82) is 0 Å². The minimum Gasteiger partial charge on any atom is -0.464 e. The van der Waals surface area contributed by atoms with Crippen molar-refractivity contribution in [2.45, 2.75) is 155 Å². The van der Waals surface area contributed by atoms with Gasteiger partial charge in [0.05, 0.1) is 77.2 Å². The lowest BCUT2D eigenvalue weighted by Gasteiger charge is -2.26. The van der Waals surface area contributed by atoms with Crippen molar-refractivity contribution >= 4 is 109 Å². The van der Waals surface area contributed by atoms with Crippen molar-refractivity contribution in [3.8, 4) is 0 Å². The number of ether oxygens (including phenoxy) is 1. The Labute approximate surface area is 806 Å². The number of rotatable bonds is 37. The first-order chi connectivity index (χ1) is 66.5. The van der Waals surface area contributed by atoms with Crippen molar-refractivity contribution in [3.05, 3.63) is 356 Å². The second kappa shape index (κ2) is 50.1. The van der Waals surface area contributed by atoms with Crippen molar-refractivity contribution in [3.63, 3.8) is 0 Å². The zero-order chi connectivity index (χ0) is 97.3. The summed E-state index contributed by atoms with van der Waals surface area (Å²) in [6.45, 7) is 30.2. The molecule has 0 spiro atoms. The second-order valence-electron chi connectivity index (χ2n) is 36.5. The maximum Gasteiger partial charge on any atom is 0.407 e. The molecule has 0 aliphatic heterocycles. The number of alkyl carbamates (subject to hydrolysis) is 1. The fraction of sp³-hybridized carbons (Fsp3) is 0.294. The molecule has 10 aromatic heterocycles. The fourth-order valence-electron chi connectivity index (χ4n) is 14.9. The van der Waals surface area contributed by atoms with Crippen LogP contribution in [-0.2, 0) is 77.0 Å². The number of hydrogen-bond acceptors (Lipinski definition) is 24. The van der Waals surface area contributed by atoms with E-state index in [9.17, 15) is 26.7 Å². The average molecular weight is 1910 g/mol. The van der Waals surface area contributed by atoms with E-state index in [-0.39, 0.29) is 21.3 Å². The fourth-order valence-corrected chi connectivity index (χ4v) is 17.5. The summed E-state index contributed by atoms with van der Waals surface area (Å²) in [7, 11) is -7.34. The Bertz CT molecular complexity index is 6940. The lowest BCUT2D eigenvalue weighted by Crippen LogP contribution is -2.49. The van der Waals surface area contributed by atoms with Crippen LogP contribution in [0.1, 0.15) is 119 Å². The van der Waals surface area contributed by atoms with Gasteiger partial charge < -0.3 is 72.7 Å². The lowest BCUT2D eigenvalue weighted by molar-refractivity contribution is 0.0525. The summed E-state index contributed by atoms with van der Waals surface area (Å²) < 4.78 is 99.1. The van der Waals surface area contributed by atoms with E-state index in [4.69, 9.17) is 35.7 Å². The normalized spacial score (nSPS) is 12.2. The predicted octanol–water partition coefficient (Wildman–Crippen LogP) is 21.4. The molecule has 0 aliphatic rings. The molecule has 0 saturated heterocycles. The van der Waals surface area contributed by atoms with Gasteiger partial charge in [-0.05, 0) is 274 Å². The maximum absolute atomic E-state index is 13.0. The molecule has 0 radical (unpaired) electrons. The summed E-state index contributed by atoms with van der Waals surface area (Å²) in [5.74, 6) is 1.01. The Hall–Kier alpha value is -13.4. The molecule has 138 heavy (non-hydrogen) atoms. The SMILES string of the molecule is CC(C)(C)OC(=O)NCCCN(Cc1ccc2occc2c1)Cc1ccc2occc2c1.CC(C)CNCC(C)(C)CNS(=O)(=O)c1ccc2occc2c1.CC(C)CNC[C@@H](O)[C@H](Cc1ccccc1)NS(=O)(=O)c1ccc2occc2c1.Cc1cnc(CNCc2ccc3occc3c2)cn1.c1cc(CNCc2ccc3occc3c2)ccn1.c1cc(NCc2ccc3occc3c2)ccn1. The van der Waals surface area contributed by atoms with Crippen LogP contribution in [-0.4, -0.2) is 116 Å². The van der Waals surface area contributed by atoms with Crippen LogP contribution in [0.2, 0.25) is 0 Å². The highest BCUT2D eigenvalue weighted by molar-refractivity contribution is 7.89. The van der Waals surface area contributed by atoms with Crippen LogP contribution in [0, 0.1) is 24.2 Å². The molecule has 0 unspecified atom stereocenters. The molecule has 0 aliphatic carbocycles. The van der Waals surface area contributed by atoms with Crippen molar-refractivity contribution in [2.75, 3.05) is 51.1 Å². The smallest absolute Gasteiger partial charge is 0.407 e. The molecule has 0 fully saturated rings. The largest absolute Gasteiger partial charge is 0.464 e.